The third-order valence-corrected chi connectivity index (χ3v) is 0.491. The summed E-state index contributed by atoms with van der Waals surface area (Å²) >= 11 is 0. The first kappa shape index (κ1) is 10.2. The Balaban J connectivity index is 0. The minimum Gasteiger partial charge on any atom is -0.301 e. The summed E-state index contributed by atoms with van der Waals surface area (Å²) in [6.07, 6.45) is 2.78. The van der Waals surface area contributed by atoms with Gasteiger partial charge in [0.2, 0.25) is 0 Å². The van der Waals surface area contributed by atoms with Gasteiger partial charge >= 0.3 is 0 Å². The van der Waals surface area contributed by atoms with Gasteiger partial charge in [-0.05, 0) is 13.1 Å². The molecular weight excluding hydrogens is 201 g/mol. The third-order valence-electron chi connectivity index (χ3n) is 0.491. The van der Waals surface area contributed by atoms with E-state index in [-0.39, 0.29) is 24.0 Å². The zero-order chi connectivity index (χ0) is 4.83. The summed E-state index contributed by atoms with van der Waals surface area (Å²) in [4.78, 5) is 3.60. The number of halogens is 1. The Bertz CT molecular complexity index is 44.0. The fourth-order valence-corrected chi connectivity index (χ4v) is 0.183. The van der Waals surface area contributed by atoms with Crippen molar-refractivity contribution in [2.45, 2.75) is 6.42 Å². The van der Waals surface area contributed by atoms with Crippen LogP contribution in [0.25, 0.3) is 0 Å². The topological polar surface area (TPSA) is 12.4 Å². The van der Waals surface area contributed by atoms with Gasteiger partial charge in [0.25, 0.3) is 0 Å². The molecule has 0 fully saturated rings. The van der Waals surface area contributed by atoms with Crippen molar-refractivity contribution in [3.8, 4) is 0 Å². The van der Waals surface area contributed by atoms with Gasteiger partial charge in [-0.25, -0.2) is 0 Å². The standard InChI is InChI=1S/C5H9N.HI/c1-3-4-5-6-2;/h3H,1-2,4-5H2;1H. The number of aliphatic imine (C=N–C) groups is 1. The predicted molar refractivity (Wildman–Crippen MR) is 44.6 cm³/mol. The van der Waals surface area contributed by atoms with Crippen LogP contribution in [0.2, 0.25) is 0 Å². The van der Waals surface area contributed by atoms with Crippen LogP contribution in [0.5, 0.6) is 0 Å². The molecule has 0 aliphatic carbocycles. The Morgan fingerprint density at radius 3 is 2.29 bits per heavy atom. The molecule has 0 spiro atoms. The predicted octanol–water partition coefficient (Wildman–Crippen LogP) is 1.88. The lowest BCUT2D eigenvalue weighted by molar-refractivity contribution is 1.02. The summed E-state index contributed by atoms with van der Waals surface area (Å²) in [7, 11) is 0. The monoisotopic (exact) mass is 211 g/mol. The quantitative estimate of drug-likeness (QED) is 0.292. The molecular formula is C5H10IN. The second kappa shape index (κ2) is 9.46. The van der Waals surface area contributed by atoms with Crippen molar-refractivity contribution in [1.82, 2.24) is 0 Å². The molecule has 0 bridgehead atoms. The van der Waals surface area contributed by atoms with Crippen LogP contribution >= 0.6 is 24.0 Å². The molecule has 0 aromatic carbocycles. The number of hydrogen-bond donors (Lipinski definition) is 0. The van der Waals surface area contributed by atoms with E-state index in [9.17, 15) is 0 Å². The molecule has 0 rings (SSSR count). The molecule has 0 aliphatic rings. The highest BCUT2D eigenvalue weighted by atomic mass is 127. The van der Waals surface area contributed by atoms with Gasteiger partial charge in [-0.1, -0.05) is 6.08 Å². The minimum atomic E-state index is 0. The van der Waals surface area contributed by atoms with E-state index in [4.69, 9.17) is 0 Å². The molecule has 0 aromatic heterocycles. The van der Waals surface area contributed by atoms with Crippen LogP contribution in [0.15, 0.2) is 17.6 Å². The Hall–Kier alpha value is 0.140. The molecule has 0 radical (unpaired) electrons. The lowest BCUT2D eigenvalue weighted by Crippen LogP contribution is -1.69. The molecule has 0 N–H and O–H groups in total. The van der Waals surface area contributed by atoms with Crippen molar-refractivity contribution in [1.29, 1.82) is 0 Å². The average molecular weight is 211 g/mol. The van der Waals surface area contributed by atoms with Gasteiger partial charge in [0.1, 0.15) is 0 Å². The van der Waals surface area contributed by atoms with Gasteiger partial charge < -0.3 is 4.99 Å². The maximum Gasteiger partial charge on any atom is 0.0416 e. The third kappa shape index (κ3) is 10.7. The Kier molecular flexibility index (Phi) is 13.8. The SMILES string of the molecule is C=CCCN=C.I. The van der Waals surface area contributed by atoms with Crippen LogP contribution in [0.4, 0.5) is 0 Å². The first-order valence-electron chi connectivity index (χ1n) is 1.95. The zero-order valence-corrected chi connectivity index (χ0v) is 6.59. The number of nitrogens with zero attached hydrogens (tertiary/aromatic N) is 1. The molecule has 1 nitrogen and oxygen atoms in total. The summed E-state index contributed by atoms with van der Waals surface area (Å²) in [5.41, 5.74) is 0. The smallest absolute Gasteiger partial charge is 0.0416 e. The number of hydrogen-bond acceptors (Lipinski definition) is 1. The van der Waals surface area contributed by atoms with E-state index in [0.717, 1.165) is 13.0 Å². The van der Waals surface area contributed by atoms with E-state index in [1.165, 1.54) is 0 Å². The molecule has 0 atom stereocenters. The lowest BCUT2D eigenvalue weighted by Gasteiger charge is -1.77. The molecule has 0 saturated heterocycles. The van der Waals surface area contributed by atoms with Crippen LogP contribution in [0.1, 0.15) is 6.42 Å². The molecule has 0 saturated carbocycles. The molecule has 0 aliphatic heterocycles. The van der Waals surface area contributed by atoms with E-state index in [2.05, 4.69) is 18.3 Å². The molecule has 0 amide bonds. The second-order valence-corrected chi connectivity index (χ2v) is 1.02. The molecule has 42 valence electrons. The van der Waals surface area contributed by atoms with E-state index in [0.29, 0.717) is 0 Å². The first-order chi connectivity index (χ1) is 2.91. The molecule has 0 aromatic rings. The summed E-state index contributed by atoms with van der Waals surface area (Å²) in [5, 5.41) is 0. The van der Waals surface area contributed by atoms with Crippen molar-refractivity contribution in [3.63, 3.8) is 0 Å². The van der Waals surface area contributed by atoms with Crippen LogP contribution in [0, 0.1) is 0 Å². The number of rotatable bonds is 3. The maximum absolute atomic E-state index is 3.60. The molecule has 7 heavy (non-hydrogen) atoms. The minimum absolute atomic E-state index is 0. The molecule has 2 heteroatoms. The van der Waals surface area contributed by atoms with Crippen LogP contribution in [-0.4, -0.2) is 13.3 Å². The summed E-state index contributed by atoms with van der Waals surface area (Å²) in [6.45, 7) is 7.62. The van der Waals surface area contributed by atoms with E-state index in [1.54, 1.807) is 0 Å². The largest absolute Gasteiger partial charge is 0.301 e. The Morgan fingerprint density at radius 2 is 2.14 bits per heavy atom. The molecule has 0 unspecified atom stereocenters. The second-order valence-electron chi connectivity index (χ2n) is 1.02. The van der Waals surface area contributed by atoms with Crippen LogP contribution in [0.3, 0.4) is 0 Å². The van der Waals surface area contributed by atoms with Gasteiger partial charge in [-0.2, -0.15) is 0 Å². The van der Waals surface area contributed by atoms with E-state index in [1.807, 2.05) is 6.08 Å². The van der Waals surface area contributed by atoms with Gasteiger partial charge in [-0.3, -0.25) is 0 Å². The van der Waals surface area contributed by atoms with Crippen molar-refractivity contribution >= 4 is 30.7 Å². The van der Waals surface area contributed by atoms with E-state index >= 15 is 0 Å². The van der Waals surface area contributed by atoms with Gasteiger partial charge in [0, 0.05) is 6.54 Å². The summed E-state index contributed by atoms with van der Waals surface area (Å²) < 4.78 is 0. The van der Waals surface area contributed by atoms with Crippen molar-refractivity contribution in [2.24, 2.45) is 4.99 Å². The molecule has 0 heterocycles. The van der Waals surface area contributed by atoms with Crippen LogP contribution in [-0.2, 0) is 0 Å². The Morgan fingerprint density at radius 1 is 1.57 bits per heavy atom. The lowest BCUT2D eigenvalue weighted by atomic mass is 10.4. The van der Waals surface area contributed by atoms with E-state index < -0.39 is 0 Å². The average Bonchev–Trinajstić information content (AvgIpc) is 1.61. The summed E-state index contributed by atoms with van der Waals surface area (Å²) in [5.74, 6) is 0. The van der Waals surface area contributed by atoms with Crippen molar-refractivity contribution in [2.75, 3.05) is 6.54 Å². The maximum atomic E-state index is 3.60. The van der Waals surface area contributed by atoms with Crippen molar-refractivity contribution in [3.05, 3.63) is 12.7 Å². The fraction of sp³-hybridized carbons (Fsp3) is 0.400. The highest BCUT2D eigenvalue weighted by Gasteiger charge is 1.66. The highest BCUT2D eigenvalue weighted by Crippen LogP contribution is 1.76. The zero-order valence-electron chi connectivity index (χ0n) is 4.26. The van der Waals surface area contributed by atoms with Gasteiger partial charge in [0.05, 0.1) is 0 Å². The fourth-order valence-electron chi connectivity index (χ4n) is 0.183. The Labute approximate surface area is 61.5 Å². The normalized spacial score (nSPS) is 6.29. The van der Waals surface area contributed by atoms with Gasteiger partial charge in [0.15, 0.2) is 0 Å². The van der Waals surface area contributed by atoms with Gasteiger partial charge in [-0.15, -0.1) is 30.6 Å². The van der Waals surface area contributed by atoms with Crippen LogP contribution < -0.4 is 0 Å². The summed E-state index contributed by atoms with van der Waals surface area (Å²) in [6, 6.07) is 0. The first-order valence-corrected chi connectivity index (χ1v) is 1.95. The highest BCUT2D eigenvalue weighted by molar-refractivity contribution is 14.0. The van der Waals surface area contributed by atoms with Crippen molar-refractivity contribution < 1.29 is 0 Å².